The quantitative estimate of drug-likeness (QED) is 0.457. The standard InChI is InChI=1S/C18H29N3OS/c1-3-19-17(20-11-14-23-2)21-15-18(9-12-22-13-10-18)16-7-5-4-6-8-16/h4-8H,3,9-15H2,1-2H3,(H2,19,20,21). The third-order valence-corrected chi connectivity index (χ3v) is 4.93. The van der Waals surface area contributed by atoms with Crippen molar-refractivity contribution < 1.29 is 4.74 Å². The summed E-state index contributed by atoms with van der Waals surface area (Å²) in [6, 6.07) is 10.8. The van der Waals surface area contributed by atoms with Crippen molar-refractivity contribution in [2.75, 3.05) is 44.9 Å². The van der Waals surface area contributed by atoms with Crippen LogP contribution < -0.4 is 10.6 Å². The Bertz CT molecular complexity index is 472. The third kappa shape index (κ3) is 5.43. The molecule has 0 saturated carbocycles. The summed E-state index contributed by atoms with van der Waals surface area (Å²) in [7, 11) is 0. The topological polar surface area (TPSA) is 45.7 Å². The van der Waals surface area contributed by atoms with Gasteiger partial charge in [0.25, 0.3) is 0 Å². The molecular weight excluding hydrogens is 306 g/mol. The maximum absolute atomic E-state index is 5.60. The molecule has 1 aliphatic heterocycles. The van der Waals surface area contributed by atoms with Gasteiger partial charge in [-0.3, -0.25) is 4.99 Å². The average molecular weight is 336 g/mol. The number of aliphatic imine (C=N–C) groups is 1. The van der Waals surface area contributed by atoms with Crippen LogP contribution in [-0.2, 0) is 10.2 Å². The Morgan fingerprint density at radius 2 is 1.96 bits per heavy atom. The van der Waals surface area contributed by atoms with Crippen LogP contribution in [0.25, 0.3) is 0 Å². The van der Waals surface area contributed by atoms with E-state index in [1.54, 1.807) is 0 Å². The van der Waals surface area contributed by atoms with E-state index in [1.807, 2.05) is 11.8 Å². The highest BCUT2D eigenvalue weighted by atomic mass is 32.2. The van der Waals surface area contributed by atoms with Crippen molar-refractivity contribution in [3.05, 3.63) is 35.9 Å². The van der Waals surface area contributed by atoms with Crippen LogP contribution in [0.3, 0.4) is 0 Å². The van der Waals surface area contributed by atoms with Gasteiger partial charge in [-0.05, 0) is 31.6 Å². The zero-order valence-corrected chi connectivity index (χ0v) is 15.1. The predicted molar refractivity (Wildman–Crippen MR) is 101 cm³/mol. The Balaban J connectivity index is 2.11. The minimum atomic E-state index is 0.0986. The minimum Gasteiger partial charge on any atom is -0.381 e. The van der Waals surface area contributed by atoms with Gasteiger partial charge in [0.2, 0.25) is 0 Å². The monoisotopic (exact) mass is 335 g/mol. The molecule has 0 amide bonds. The number of thioether (sulfide) groups is 1. The van der Waals surface area contributed by atoms with Crippen LogP contribution in [0.5, 0.6) is 0 Å². The van der Waals surface area contributed by atoms with Gasteiger partial charge in [0.1, 0.15) is 0 Å². The Labute approximate surface area is 144 Å². The third-order valence-electron chi connectivity index (χ3n) is 4.32. The van der Waals surface area contributed by atoms with Crippen LogP contribution in [0, 0.1) is 0 Å². The van der Waals surface area contributed by atoms with Crippen LogP contribution in [-0.4, -0.2) is 50.8 Å². The van der Waals surface area contributed by atoms with Gasteiger partial charge in [0.15, 0.2) is 5.96 Å². The molecule has 128 valence electrons. The lowest BCUT2D eigenvalue weighted by Crippen LogP contribution is -2.41. The fourth-order valence-corrected chi connectivity index (χ4v) is 3.24. The van der Waals surface area contributed by atoms with Gasteiger partial charge in [0.05, 0.1) is 6.54 Å². The molecule has 0 bridgehead atoms. The lowest BCUT2D eigenvalue weighted by molar-refractivity contribution is 0.0531. The summed E-state index contributed by atoms with van der Waals surface area (Å²) in [5.41, 5.74) is 1.48. The molecule has 0 atom stereocenters. The highest BCUT2D eigenvalue weighted by Crippen LogP contribution is 2.35. The van der Waals surface area contributed by atoms with Crippen molar-refractivity contribution in [3.8, 4) is 0 Å². The number of guanidine groups is 1. The second-order valence-electron chi connectivity index (χ2n) is 5.87. The molecule has 1 aromatic carbocycles. The Morgan fingerprint density at radius 3 is 2.61 bits per heavy atom. The fourth-order valence-electron chi connectivity index (χ4n) is 2.94. The van der Waals surface area contributed by atoms with Gasteiger partial charge in [-0.2, -0.15) is 11.8 Å². The molecule has 0 aliphatic carbocycles. The first kappa shape index (κ1) is 18.1. The first-order chi connectivity index (χ1) is 11.3. The van der Waals surface area contributed by atoms with E-state index in [1.165, 1.54) is 5.56 Å². The van der Waals surface area contributed by atoms with E-state index in [0.717, 1.165) is 57.4 Å². The van der Waals surface area contributed by atoms with Crippen LogP contribution in [0.1, 0.15) is 25.3 Å². The molecule has 0 radical (unpaired) electrons. The molecule has 1 aromatic rings. The highest BCUT2D eigenvalue weighted by molar-refractivity contribution is 7.98. The van der Waals surface area contributed by atoms with Gasteiger partial charge >= 0.3 is 0 Å². The smallest absolute Gasteiger partial charge is 0.191 e. The molecule has 2 N–H and O–H groups in total. The van der Waals surface area contributed by atoms with Crippen molar-refractivity contribution >= 4 is 17.7 Å². The SMILES string of the molecule is CCNC(=NCC1(c2ccccc2)CCOCC1)NCCSC. The number of nitrogens with one attached hydrogen (secondary N) is 2. The van der Waals surface area contributed by atoms with Gasteiger partial charge in [-0.15, -0.1) is 0 Å². The number of ether oxygens (including phenoxy) is 1. The first-order valence-electron chi connectivity index (χ1n) is 8.45. The Kier molecular flexibility index (Phi) is 7.76. The molecule has 1 fully saturated rings. The van der Waals surface area contributed by atoms with Crippen LogP contribution >= 0.6 is 11.8 Å². The van der Waals surface area contributed by atoms with Crippen molar-refractivity contribution in [1.82, 2.24) is 10.6 Å². The maximum Gasteiger partial charge on any atom is 0.191 e. The van der Waals surface area contributed by atoms with E-state index in [4.69, 9.17) is 9.73 Å². The zero-order chi connectivity index (χ0) is 16.4. The van der Waals surface area contributed by atoms with E-state index >= 15 is 0 Å². The lowest BCUT2D eigenvalue weighted by Gasteiger charge is -2.36. The van der Waals surface area contributed by atoms with E-state index in [-0.39, 0.29) is 5.41 Å². The summed E-state index contributed by atoms with van der Waals surface area (Å²) in [5, 5.41) is 6.76. The Hall–Kier alpha value is -1.20. The van der Waals surface area contributed by atoms with Crippen LogP contribution in [0.2, 0.25) is 0 Å². The van der Waals surface area contributed by atoms with Crippen molar-refractivity contribution in [3.63, 3.8) is 0 Å². The first-order valence-corrected chi connectivity index (χ1v) is 9.84. The van der Waals surface area contributed by atoms with E-state index < -0.39 is 0 Å². The summed E-state index contributed by atoms with van der Waals surface area (Å²) in [4.78, 5) is 4.89. The summed E-state index contributed by atoms with van der Waals surface area (Å²) in [6.07, 6.45) is 4.19. The molecule has 0 aromatic heterocycles. The number of nitrogens with zero attached hydrogens (tertiary/aromatic N) is 1. The molecule has 1 aliphatic rings. The maximum atomic E-state index is 5.60. The molecule has 4 nitrogen and oxygen atoms in total. The van der Waals surface area contributed by atoms with Gasteiger partial charge in [-0.1, -0.05) is 30.3 Å². The van der Waals surface area contributed by atoms with Crippen molar-refractivity contribution in [1.29, 1.82) is 0 Å². The van der Waals surface area contributed by atoms with Gasteiger partial charge < -0.3 is 15.4 Å². The molecule has 1 saturated heterocycles. The summed E-state index contributed by atoms with van der Waals surface area (Å²) in [5.74, 6) is 2.01. The zero-order valence-electron chi connectivity index (χ0n) is 14.3. The molecule has 0 spiro atoms. The summed E-state index contributed by atoms with van der Waals surface area (Å²) in [6.45, 7) is 6.37. The number of rotatable bonds is 7. The summed E-state index contributed by atoms with van der Waals surface area (Å²) >= 11 is 1.84. The normalized spacial score (nSPS) is 17.7. The lowest BCUT2D eigenvalue weighted by atomic mass is 9.74. The fraction of sp³-hybridized carbons (Fsp3) is 0.611. The largest absolute Gasteiger partial charge is 0.381 e. The number of hydrogen-bond donors (Lipinski definition) is 2. The minimum absolute atomic E-state index is 0.0986. The Morgan fingerprint density at radius 1 is 1.22 bits per heavy atom. The molecule has 23 heavy (non-hydrogen) atoms. The molecule has 5 heteroatoms. The van der Waals surface area contributed by atoms with Crippen molar-refractivity contribution in [2.24, 2.45) is 4.99 Å². The molecular formula is C18H29N3OS. The average Bonchev–Trinajstić information content (AvgIpc) is 2.61. The van der Waals surface area contributed by atoms with E-state index in [2.05, 4.69) is 54.1 Å². The number of hydrogen-bond acceptors (Lipinski definition) is 3. The van der Waals surface area contributed by atoms with Crippen LogP contribution in [0.4, 0.5) is 0 Å². The van der Waals surface area contributed by atoms with E-state index in [9.17, 15) is 0 Å². The highest BCUT2D eigenvalue weighted by Gasteiger charge is 2.34. The van der Waals surface area contributed by atoms with E-state index in [0.29, 0.717) is 0 Å². The van der Waals surface area contributed by atoms with Crippen molar-refractivity contribution in [2.45, 2.75) is 25.2 Å². The molecule has 0 unspecified atom stereocenters. The second-order valence-corrected chi connectivity index (χ2v) is 6.86. The predicted octanol–water partition coefficient (Wildman–Crippen LogP) is 2.65. The van der Waals surface area contributed by atoms with Gasteiger partial charge in [-0.25, -0.2) is 0 Å². The van der Waals surface area contributed by atoms with Crippen LogP contribution in [0.15, 0.2) is 35.3 Å². The molecule has 1 heterocycles. The second kappa shape index (κ2) is 9.83. The van der Waals surface area contributed by atoms with Gasteiger partial charge in [0, 0.05) is 37.5 Å². The molecule has 2 rings (SSSR count). The number of benzene rings is 1. The summed E-state index contributed by atoms with van der Waals surface area (Å²) < 4.78 is 5.60.